The first-order valence-corrected chi connectivity index (χ1v) is 9.75. The molecular weight excluding hydrogens is 364 g/mol. The second-order valence-corrected chi connectivity index (χ2v) is 7.49. The van der Waals surface area contributed by atoms with Crippen molar-refractivity contribution in [3.8, 4) is 16.5 Å². The van der Waals surface area contributed by atoms with E-state index < -0.39 is 0 Å². The summed E-state index contributed by atoms with van der Waals surface area (Å²) < 4.78 is 0. The average molecular weight is 376 g/mol. The molecule has 1 amide bonds. The lowest BCUT2D eigenvalue weighted by molar-refractivity contribution is -0.118. The zero-order chi connectivity index (χ0) is 16.9. The predicted octanol–water partition coefficient (Wildman–Crippen LogP) is 2.84. The van der Waals surface area contributed by atoms with Gasteiger partial charge in [-0.2, -0.15) is 5.26 Å². The predicted molar refractivity (Wildman–Crippen MR) is 97.5 cm³/mol. The van der Waals surface area contributed by atoms with Crippen LogP contribution in [0.5, 0.6) is 0 Å². The number of nitriles is 1. The summed E-state index contributed by atoms with van der Waals surface area (Å²) in [6, 6.07) is 5.88. The van der Waals surface area contributed by atoms with E-state index in [0.29, 0.717) is 21.9 Å². The Morgan fingerprint density at radius 2 is 2.33 bits per heavy atom. The Morgan fingerprint density at radius 3 is 3.08 bits per heavy atom. The van der Waals surface area contributed by atoms with Crippen LogP contribution < -0.4 is 10.9 Å². The van der Waals surface area contributed by atoms with Crippen molar-refractivity contribution in [1.29, 1.82) is 5.26 Å². The molecule has 9 heteroatoms. The van der Waals surface area contributed by atoms with Crippen LogP contribution in [0.4, 0.5) is 0 Å². The van der Waals surface area contributed by atoms with E-state index in [1.807, 2.05) is 29.0 Å². The fraction of sp³-hybridized carbons (Fsp3) is 0.200. The minimum Gasteiger partial charge on any atom is -0.354 e. The number of H-pyrrole nitrogens is 1. The Labute approximate surface area is 149 Å². The van der Waals surface area contributed by atoms with Gasteiger partial charge in [0.1, 0.15) is 4.83 Å². The minimum atomic E-state index is -0.197. The van der Waals surface area contributed by atoms with Crippen molar-refractivity contribution in [1.82, 2.24) is 15.3 Å². The molecule has 3 rings (SSSR count). The van der Waals surface area contributed by atoms with Gasteiger partial charge in [-0.1, -0.05) is 17.8 Å². The number of aromatic amines is 1. The van der Waals surface area contributed by atoms with Gasteiger partial charge in [0, 0.05) is 22.4 Å². The number of hydrogen-bond donors (Lipinski definition) is 2. The molecule has 0 saturated carbocycles. The van der Waals surface area contributed by atoms with Gasteiger partial charge in [0.15, 0.2) is 5.16 Å². The molecule has 3 heterocycles. The van der Waals surface area contributed by atoms with Crippen molar-refractivity contribution >= 4 is 50.6 Å². The number of hydrogen-bond acceptors (Lipinski definition) is 7. The number of carbonyl (C=O) groups is 1. The second kappa shape index (κ2) is 7.61. The quantitative estimate of drug-likeness (QED) is 0.392. The van der Waals surface area contributed by atoms with E-state index in [0.717, 1.165) is 10.4 Å². The third kappa shape index (κ3) is 3.67. The van der Waals surface area contributed by atoms with Crippen LogP contribution in [0.1, 0.15) is 6.42 Å². The number of nitrogens with zero attached hydrogens (tertiary/aromatic N) is 2. The highest BCUT2D eigenvalue weighted by Crippen LogP contribution is 2.33. The van der Waals surface area contributed by atoms with Gasteiger partial charge in [-0.05, 0) is 11.4 Å². The number of carbonyl (C=O) groups excluding carboxylic acids is 1. The zero-order valence-corrected chi connectivity index (χ0v) is 14.8. The zero-order valence-electron chi connectivity index (χ0n) is 12.4. The van der Waals surface area contributed by atoms with Gasteiger partial charge in [0.2, 0.25) is 5.91 Å². The highest BCUT2D eigenvalue weighted by Gasteiger charge is 2.14. The highest BCUT2D eigenvalue weighted by molar-refractivity contribution is 7.99. The summed E-state index contributed by atoms with van der Waals surface area (Å²) in [7, 11) is 0. The third-order valence-electron chi connectivity index (χ3n) is 3.11. The van der Waals surface area contributed by atoms with Crippen molar-refractivity contribution in [2.45, 2.75) is 11.6 Å². The molecule has 3 aromatic rings. The van der Waals surface area contributed by atoms with Crippen molar-refractivity contribution in [3.05, 3.63) is 33.2 Å². The number of fused-ring (bicyclic) bond motifs is 1. The summed E-state index contributed by atoms with van der Waals surface area (Å²) in [5, 5.41) is 16.0. The molecular formula is C15H12N4O2S3. The van der Waals surface area contributed by atoms with Crippen LogP contribution in [0.3, 0.4) is 0 Å². The molecule has 0 fully saturated rings. The molecule has 2 N–H and O–H groups in total. The highest BCUT2D eigenvalue weighted by atomic mass is 32.2. The lowest BCUT2D eigenvalue weighted by atomic mass is 10.2. The van der Waals surface area contributed by atoms with E-state index in [9.17, 15) is 9.59 Å². The van der Waals surface area contributed by atoms with Crippen molar-refractivity contribution in [2.24, 2.45) is 0 Å². The van der Waals surface area contributed by atoms with Crippen LogP contribution in [0.25, 0.3) is 20.7 Å². The van der Waals surface area contributed by atoms with Crippen LogP contribution in [0, 0.1) is 11.3 Å². The van der Waals surface area contributed by atoms with E-state index in [4.69, 9.17) is 5.26 Å². The Kier molecular flexibility index (Phi) is 5.30. The van der Waals surface area contributed by atoms with Crippen LogP contribution in [-0.2, 0) is 4.79 Å². The number of amides is 1. The minimum absolute atomic E-state index is 0.142. The van der Waals surface area contributed by atoms with E-state index >= 15 is 0 Å². The molecule has 0 aliphatic carbocycles. The topological polar surface area (TPSA) is 98.6 Å². The Bertz CT molecular complexity index is 953. The molecule has 0 aliphatic rings. The average Bonchev–Trinajstić information content (AvgIpc) is 3.22. The summed E-state index contributed by atoms with van der Waals surface area (Å²) in [5.41, 5.74) is 0.696. The molecule has 0 spiro atoms. The summed E-state index contributed by atoms with van der Waals surface area (Å²) in [4.78, 5) is 32.9. The maximum atomic E-state index is 12.4. The molecule has 0 atom stereocenters. The van der Waals surface area contributed by atoms with Crippen LogP contribution in [0.2, 0.25) is 0 Å². The molecule has 0 unspecified atom stereocenters. The molecule has 0 saturated heterocycles. The first-order chi connectivity index (χ1) is 11.7. The van der Waals surface area contributed by atoms with E-state index in [-0.39, 0.29) is 23.6 Å². The van der Waals surface area contributed by atoms with Crippen molar-refractivity contribution in [2.75, 3.05) is 12.3 Å². The Hall–Kier alpha value is -2.15. The smallest absolute Gasteiger partial charge is 0.260 e. The number of aromatic nitrogens is 2. The molecule has 6 nitrogen and oxygen atoms in total. The van der Waals surface area contributed by atoms with E-state index in [2.05, 4.69) is 15.3 Å². The van der Waals surface area contributed by atoms with Gasteiger partial charge in [0.05, 0.1) is 23.6 Å². The van der Waals surface area contributed by atoms with Crippen LogP contribution in [-0.4, -0.2) is 28.2 Å². The number of nitrogens with one attached hydrogen (secondary N) is 2. The molecule has 0 aliphatic heterocycles. The van der Waals surface area contributed by atoms with Crippen molar-refractivity contribution < 1.29 is 4.79 Å². The molecule has 3 aromatic heterocycles. The van der Waals surface area contributed by atoms with Gasteiger partial charge < -0.3 is 10.3 Å². The van der Waals surface area contributed by atoms with Gasteiger partial charge in [-0.3, -0.25) is 9.59 Å². The second-order valence-electron chi connectivity index (χ2n) is 4.72. The maximum absolute atomic E-state index is 12.4. The fourth-order valence-electron chi connectivity index (χ4n) is 2.05. The first kappa shape index (κ1) is 16.7. The fourth-order valence-corrected chi connectivity index (χ4v) is 4.56. The van der Waals surface area contributed by atoms with Crippen LogP contribution >= 0.6 is 34.4 Å². The van der Waals surface area contributed by atoms with Gasteiger partial charge in [0.25, 0.3) is 5.56 Å². The summed E-state index contributed by atoms with van der Waals surface area (Å²) in [6.45, 7) is 0.327. The SMILES string of the molecule is N#CCCNC(=O)CSc1nc2scc(-c3cccs3)c2c(=O)[nH]1. The van der Waals surface area contributed by atoms with Gasteiger partial charge in [-0.15, -0.1) is 22.7 Å². The Balaban J connectivity index is 1.76. The standard InChI is InChI=1S/C15H12N4O2S3/c16-4-2-5-17-11(20)8-24-15-18-13(21)12-9(7-23-14(12)19-15)10-3-1-6-22-10/h1,3,6-7H,2,5,8H2,(H,17,20)(H,18,19,21). The third-order valence-corrected chi connectivity index (χ3v) is 5.76. The Morgan fingerprint density at radius 1 is 1.46 bits per heavy atom. The van der Waals surface area contributed by atoms with Gasteiger partial charge in [-0.25, -0.2) is 4.98 Å². The summed E-state index contributed by atoms with van der Waals surface area (Å²) in [5.74, 6) is -0.0494. The monoisotopic (exact) mass is 376 g/mol. The largest absolute Gasteiger partial charge is 0.354 e. The number of rotatable bonds is 6. The molecule has 122 valence electrons. The lowest BCUT2D eigenvalue weighted by Crippen LogP contribution is -2.26. The molecule has 0 bridgehead atoms. The normalized spacial score (nSPS) is 10.6. The van der Waals surface area contributed by atoms with E-state index in [1.165, 1.54) is 23.1 Å². The van der Waals surface area contributed by atoms with E-state index in [1.54, 1.807) is 11.3 Å². The lowest BCUT2D eigenvalue weighted by Gasteiger charge is -2.03. The van der Waals surface area contributed by atoms with Crippen LogP contribution in [0.15, 0.2) is 32.8 Å². The maximum Gasteiger partial charge on any atom is 0.260 e. The summed E-state index contributed by atoms with van der Waals surface area (Å²) in [6.07, 6.45) is 0.276. The molecule has 0 aromatic carbocycles. The first-order valence-electron chi connectivity index (χ1n) is 7.01. The molecule has 0 radical (unpaired) electrons. The van der Waals surface area contributed by atoms with Crippen molar-refractivity contribution in [3.63, 3.8) is 0 Å². The summed E-state index contributed by atoms with van der Waals surface area (Å²) >= 11 is 4.16. The molecule has 24 heavy (non-hydrogen) atoms. The number of thioether (sulfide) groups is 1. The number of thiophene rings is 2. The van der Waals surface area contributed by atoms with Gasteiger partial charge >= 0.3 is 0 Å².